The van der Waals surface area contributed by atoms with Crippen molar-refractivity contribution in [3.8, 4) is 11.5 Å². The van der Waals surface area contributed by atoms with Gasteiger partial charge in [-0.3, -0.25) is 4.79 Å². The molecule has 0 radical (unpaired) electrons. The Morgan fingerprint density at radius 1 is 1.16 bits per heavy atom. The summed E-state index contributed by atoms with van der Waals surface area (Å²) in [4.78, 5) is 12.2. The van der Waals surface area contributed by atoms with Gasteiger partial charge in [-0.1, -0.05) is 19.1 Å². The van der Waals surface area contributed by atoms with Gasteiger partial charge in [0, 0.05) is 0 Å². The van der Waals surface area contributed by atoms with Gasteiger partial charge >= 0.3 is 0 Å². The van der Waals surface area contributed by atoms with Crippen LogP contribution in [0.3, 0.4) is 0 Å². The molecule has 0 aromatic heterocycles. The summed E-state index contributed by atoms with van der Waals surface area (Å²) in [6, 6.07) is 11.5. The second-order valence-electron chi connectivity index (χ2n) is 5.81. The SMILES string of the molecule is CCC(Oc1ccc(F)cc1)C(=O)NCCOc1cccc(C)c1C. The number of halogens is 1. The first-order chi connectivity index (χ1) is 12.0. The zero-order valence-corrected chi connectivity index (χ0v) is 14.8. The minimum absolute atomic E-state index is 0.212. The van der Waals surface area contributed by atoms with Crippen molar-refractivity contribution in [2.24, 2.45) is 0 Å². The number of carbonyl (C=O) groups is 1. The van der Waals surface area contributed by atoms with Crippen LogP contribution in [0.5, 0.6) is 11.5 Å². The van der Waals surface area contributed by atoms with Crippen LogP contribution in [0.15, 0.2) is 42.5 Å². The molecular weight excluding hydrogens is 321 g/mol. The topological polar surface area (TPSA) is 47.6 Å². The van der Waals surface area contributed by atoms with Gasteiger partial charge in [-0.05, 0) is 61.7 Å². The van der Waals surface area contributed by atoms with Crippen molar-refractivity contribution in [3.63, 3.8) is 0 Å². The van der Waals surface area contributed by atoms with E-state index in [0.717, 1.165) is 11.3 Å². The maximum absolute atomic E-state index is 12.9. The van der Waals surface area contributed by atoms with E-state index in [9.17, 15) is 9.18 Å². The van der Waals surface area contributed by atoms with Crippen LogP contribution >= 0.6 is 0 Å². The highest BCUT2D eigenvalue weighted by molar-refractivity contribution is 5.81. The van der Waals surface area contributed by atoms with Crippen molar-refractivity contribution < 1.29 is 18.7 Å². The third kappa shape index (κ3) is 5.48. The van der Waals surface area contributed by atoms with Gasteiger partial charge in [0.15, 0.2) is 6.10 Å². The molecule has 25 heavy (non-hydrogen) atoms. The Morgan fingerprint density at radius 2 is 1.88 bits per heavy atom. The van der Waals surface area contributed by atoms with Gasteiger partial charge in [-0.2, -0.15) is 0 Å². The molecule has 1 amide bonds. The Balaban J connectivity index is 1.79. The molecular formula is C20H24FNO3. The molecule has 0 spiro atoms. The number of aryl methyl sites for hydroxylation is 1. The van der Waals surface area contributed by atoms with Crippen LogP contribution < -0.4 is 14.8 Å². The average Bonchev–Trinajstić information content (AvgIpc) is 2.61. The Hall–Kier alpha value is -2.56. The van der Waals surface area contributed by atoms with E-state index in [1.54, 1.807) is 0 Å². The number of carbonyl (C=O) groups excluding carboxylic acids is 1. The Kier molecular flexibility index (Phi) is 6.81. The Bertz CT molecular complexity index is 701. The molecule has 0 aliphatic heterocycles. The van der Waals surface area contributed by atoms with Gasteiger partial charge in [0.25, 0.3) is 5.91 Å². The molecule has 5 heteroatoms. The largest absolute Gasteiger partial charge is 0.491 e. The monoisotopic (exact) mass is 345 g/mol. The normalized spacial score (nSPS) is 11.7. The van der Waals surface area contributed by atoms with Gasteiger partial charge in [0.2, 0.25) is 0 Å². The molecule has 0 saturated heterocycles. The Labute approximate surface area is 148 Å². The van der Waals surface area contributed by atoms with E-state index < -0.39 is 6.10 Å². The van der Waals surface area contributed by atoms with Crippen molar-refractivity contribution in [1.82, 2.24) is 5.32 Å². The van der Waals surface area contributed by atoms with Gasteiger partial charge < -0.3 is 14.8 Å². The predicted octanol–water partition coefficient (Wildman–Crippen LogP) is 3.80. The van der Waals surface area contributed by atoms with Crippen LogP contribution in [0, 0.1) is 19.7 Å². The molecule has 0 fully saturated rings. The lowest BCUT2D eigenvalue weighted by molar-refractivity contribution is -0.128. The zero-order chi connectivity index (χ0) is 18.2. The van der Waals surface area contributed by atoms with E-state index in [-0.39, 0.29) is 11.7 Å². The second kappa shape index (κ2) is 9.06. The summed E-state index contributed by atoms with van der Waals surface area (Å²) in [7, 11) is 0. The van der Waals surface area contributed by atoms with E-state index in [1.165, 1.54) is 29.8 Å². The number of hydrogen-bond donors (Lipinski definition) is 1. The summed E-state index contributed by atoms with van der Waals surface area (Å²) in [5.41, 5.74) is 2.26. The molecule has 0 aliphatic rings. The van der Waals surface area contributed by atoms with Crippen molar-refractivity contribution >= 4 is 5.91 Å². The lowest BCUT2D eigenvalue weighted by Crippen LogP contribution is -2.39. The number of ether oxygens (including phenoxy) is 2. The van der Waals surface area contributed by atoms with Crippen LogP contribution in [0.1, 0.15) is 24.5 Å². The summed E-state index contributed by atoms with van der Waals surface area (Å²) in [6.07, 6.45) is -0.104. The van der Waals surface area contributed by atoms with Crippen LogP contribution in [0.2, 0.25) is 0 Å². The summed E-state index contributed by atoms with van der Waals surface area (Å²) < 4.78 is 24.2. The lowest BCUT2D eigenvalue weighted by Gasteiger charge is -2.17. The van der Waals surface area contributed by atoms with E-state index >= 15 is 0 Å². The standard InChI is InChI=1S/C20H24FNO3/c1-4-18(25-17-10-8-16(21)9-11-17)20(23)22-12-13-24-19-7-5-6-14(2)15(19)3/h5-11,18H,4,12-13H2,1-3H3,(H,22,23). The molecule has 0 heterocycles. The molecule has 0 bridgehead atoms. The number of nitrogens with one attached hydrogen (secondary N) is 1. The van der Waals surface area contributed by atoms with Crippen molar-refractivity contribution in [2.45, 2.75) is 33.3 Å². The Morgan fingerprint density at radius 3 is 2.56 bits per heavy atom. The maximum Gasteiger partial charge on any atom is 0.261 e. The highest BCUT2D eigenvalue weighted by atomic mass is 19.1. The fourth-order valence-corrected chi connectivity index (χ4v) is 2.33. The quantitative estimate of drug-likeness (QED) is 0.741. The fraction of sp³-hybridized carbons (Fsp3) is 0.350. The third-order valence-electron chi connectivity index (χ3n) is 3.97. The maximum atomic E-state index is 12.9. The van der Waals surface area contributed by atoms with Crippen molar-refractivity contribution in [1.29, 1.82) is 0 Å². The molecule has 2 aromatic rings. The van der Waals surface area contributed by atoms with Crippen molar-refractivity contribution in [2.75, 3.05) is 13.2 Å². The first kappa shape index (κ1) is 18.8. The van der Waals surface area contributed by atoms with Crippen LogP contribution in [0.4, 0.5) is 4.39 Å². The van der Waals surface area contributed by atoms with Crippen LogP contribution in [-0.4, -0.2) is 25.2 Å². The minimum Gasteiger partial charge on any atom is -0.491 e. The number of hydrogen-bond acceptors (Lipinski definition) is 3. The smallest absolute Gasteiger partial charge is 0.261 e. The lowest BCUT2D eigenvalue weighted by atomic mass is 10.1. The van der Waals surface area contributed by atoms with E-state index in [4.69, 9.17) is 9.47 Å². The van der Waals surface area contributed by atoms with E-state index in [1.807, 2.05) is 39.0 Å². The van der Waals surface area contributed by atoms with E-state index in [2.05, 4.69) is 5.32 Å². The first-order valence-electron chi connectivity index (χ1n) is 8.40. The number of amides is 1. The van der Waals surface area contributed by atoms with Gasteiger partial charge in [-0.15, -0.1) is 0 Å². The highest BCUT2D eigenvalue weighted by Crippen LogP contribution is 2.20. The minimum atomic E-state index is -0.619. The molecule has 1 atom stereocenters. The zero-order valence-electron chi connectivity index (χ0n) is 14.8. The van der Waals surface area contributed by atoms with E-state index in [0.29, 0.717) is 25.3 Å². The fourth-order valence-electron chi connectivity index (χ4n) is 2.33. The summed E-state index contributed by atoms with van der Waals surface area (Å²) >= 11 is 0. The average molecular weight is 345 g/mol. The molecule has 0 aliphatic carbocycles. The molecule has 2 aromatic carbocycles. The van der Waals surface area contributed by atoms with Crippen LogP contribution in [0.25, 0.3) is 0 Å². The first-order valence-corrected chi connectivity index (χ1v) is 8.40. The summed E-state index contributed by atoms with van der Waals surface area (Å²) in [5, 5.41) is 2.81. The van der Waals surface area contributed by atoms with Crippen molar-refractivity contribution in [3.05, 3.63) is 59.4 Å². The number of rotatable bonds is 8. The molecule has 2 rings (SSSR count). The number of benzene rings is 2. The highest BCUT2D eigenvalue weighted by Gasteiger charge is 2.18. The molecule has 4 nitrogen and oxygen atoms in total. The summed E-state index contributed by atoms with van der Waals surface area (Å²) in [6.45, 7) is 6.66. The molecule has 1 N–H and O–H groups in total. The summed E-state index contributed by atoms with van der Waals surface area (Å²) in [5.74, 6) is 0.740. The van der Waals surface area contributed by atoms with Gasteiger partial charge in [0.1, 0.15) is 23.9 Å². The van der Waals surface area contributed by atoms with Crippen LogP contribution in [-0.2, 0) is 4.79 Å². The van der Waals surface area contributed by atoms with Gasteiger partial charge in [0.05, 0.1) is 6.54 Å². The molecule has 1 unspecified atom stereocenters. The predicted molar refractivity (Wildman–Crippen MR) is 95.5 cm³/mol. The molecule has 134 valence electrons. The van der Waals surface area contributed by atoms with Gasteiger partial charge in [-0.25, -0.2) is 4.39 Å². The molecule has 0 saturated carbocycles. The second-order valence-corrected chi connectivity index (χ2v) is 5.81. The third-order valence-corrected chi connectivity index (χ3v) is 3.97.